The summed E-state index contributed by atoms with van der Waals surface area (Å²) in [6.45, 7) is 3.46. The highest BCUT2D eigenvalue weighted by atomic mass is 35.5. The van der Waals surface area contributed by atoms with Gasteiger partial charge in [0.1, 0.15) is 5.82 Å². The van der Waals surface area contributed by atoms with Crippen LogP contribution in [0.15, 0.2) is 24.8 Å². The lowest BCUT2D eigenvalue weighted by molar-refractivity contribution is 0.366. The second-order valence-corrected chi connectivity index (χ2v) is 2.81. The number of methoxy groups -OCH3 is 1. The Morgan fingerprint density at radius 2 is 2.20 bits per heavy atom. The van der Waals surface area contributed by atoms with E-state index in [1.54, 1.807) is 0 Å². The summed E-state index contributed by atoms with van der Waals surface area (Å²) < 4.78 is 17.8. The van der Waals surface area contributed by atoms with Crippen molar-refractivity contribution in [1.82, 2.24) is 0 Å². The number of ether oxygens (including phenoxy) is 1. The van der Waals surface area contributed by atoms with Crippen LogP contribution in [0.4, 0.5) is 4.39 Å². The average Bonchev–Trinajstić information content (AvgIpc) is 2.19. The van der Waals surface area contributed by atoms with Gasteiger partial charge in [-0.05, 0) is 6.07 Å². The van der Waals surface area contributed by atoms with Gasteiger partial charge < -0.3 is 15.6 Å². The SMILES string of the molecule is C=C[C@@H](N)c1cc(F)cc(OC)c1O.Cl. The molecule has 15 heavy (non-hydrogen) atoms. The van der Waals surface area contributed by atoms with E-state index in [0.29, 0.717) is 0 Å². The van der Waals surface area contributed by atoms with Gasteiger partial charge in [0.15, 0.2) is 11.5 Å². The third-order valence-corrected chi connectivity index (χ3v) is 1.90. The molecule has 0 bridgehead atoms. The summed E-state index contributed by atoms with van der Waals surface area (Å²) in [5.74, 6) is -0.592. The maximum absolute atomic E-state index is 13.0. The number of hydrogen-bond donors (Lipinski definition) is 2. The van der Waals surface area contributed by atoms with Crippen molar-refractivity contribution >= 4 is 12.4 Å². The molecule has 84 valence electrons. The summed E-state index contributed by atoms with van der Waals surface area (Å²) in [6, 6.07) is 1.64. The number of halogens is 2. The summed E-state index contributed by atoms with van der Waals surface area (Å²) >= 11 is 0. The molecule has 0 fully saturated rings. The first-order valence-electron chi connectivity index (χ1n) is 4.04. The summed E-state index contributed by atoms with van der Waals surface area (Å²) in [6.07, 6.45) is 1.41. The molecule has 0 radical (unpaired) electrons. The Labute approximate surface area is 93.8 Å². The third kappa shape index (κ3) is 2.84. The van der Waals surface area contributed by atoms with Gasteiger partial charge in [0.2, 0.25) is 0 Å². The molecule has 1 rings (SSSR count). The van der Waals surface area contributed by atoms with E-state index in [2.05, 4.69) is 6.58 Å². The molecule has 1 atom stereocenters. The molecule has 0 aliphatic rings. The van der Waals surface area contributed by atoms with Gasteiger partial charge in [-0.2, -0.15) is 0 Å². The Balaban J connectivity index is 0.00000196. The first-order valence-corrected chi connectivity index (χ1v) is 4.04. The van der Waals surface area contributed by atoms with Crippen LogP contribution >= 0.6 is 12.4 Å². The van der Waals surface area contributed by atoms with Crippen LogP contribution in [0, 0.1) is 5.82 Å². The Morgan fingerprint density at radius 3 is 2.67 bits per heavy atom. The van der Waals surface area contributed by atoms with E-state index in [1.165, 1.54) is 13.2 Å². The van der Waals surface area contributed by atoms with Crippen LogP contribution in [0.2, 0.25) is 0 Å². The number of benzene rings is 1. The minimum atomic E-state index is -0.611. The first kappa shape index (κ1) is 13.7. The molecule has 5 heteroatoms. The summed E-state index contributed by atoms with van der Waals surface area (Å²) in [7, 11) is 1.34. The summed E-state index contributed by atoms with van der Waals surface area (Å²) in [5.41, 5.74) is 5.85. The molecule has 0 unspecified atom stereocenters. The Hall–Kier alpha value is -1.26. The molecule has 0 saturated heterocycles. The van der Waals surface area contributed by atoms with E-state index in [9.17, 15) is 9.50 Å². The van der Waals surface area contributed by atoms with Gasteiger partial charge in [-0.1, -0.05) is 6.08 Å². The van der Waals surface area contributed by atoms with E-state index in [1.807, 2.05) is 0 Å². The van der Waals surface area contributed by atoms with Crippen molar-refractivity contribution in [2.45, 2.75) is 6.04 Å². The van der Waals surface area contributed by atoms with Gasteiger partial charge in [-0.25, -0.2) is 4.39 Å². The van der Waals surface area contributed by atoms with Gasteiger partial charge in [-0.3, -0.25) is 0 Å². The molecule has 1 aromatic rings. The molecule has 3 nitrogen and oxygen atoms in total. The van der Waals surface area contributed by atoms with Gasteiger partial charge in [-0.15, -0.1) is 19.0 Å². The third-order valence-electron chi connectivity index (χ3n) is 1.90. The van der Waals surface area contributed by atoms with Gasteiger partial charge in [0, 0.05) is 11.6 Å². The Morgan fingerprint density at radius 1 is 1.60 bits per heavy atom. The molecule has 0 saturated carbocycles. The van der Waals surface area contributed by atoms with Gasteiger partial charge in [0.05, 0.1) is 13.2 Å². The second kappa shape index (κ2) is 5.58. The van der Waals surface area contributed by atoms with Crippen LogP contribution in [0.5, 0.6) is 11.5 Å². The number of rotatable bonds is 3. The highest BCUT2D eigenvalue weighted by Gasteiger charge is 2.14. The fourth-order valence-electron chi connectivity index (χ4n) is 1.13. The van der Waals surface area contributed by atoms with Crippen molar-refractivity contribution in [2.24, 2.45) is 5.73 Å². The molecule has 0 spiro atoms. The predicted molar refractivity (Wildman–Crippen MR) is 59.0 cm³/mol. The van der Waals surface area contributed by atoms with Crippen molar-refractivity contribution in [3.05, 3.63) is 36.2 Å². The minimum absolute atomic E-state index is 0. The maximum Gasteiger partial charge on any atom is 0.163 e. The number of nitrogens with two attached hydrogens (primary N) is 1. The highest BCUT2D eigenvalue weighted by Crippen LogP contribution is 2.34. The minimum Gasteiger partial charge on any atom is -0.504 e. The zero-order chi connectivity index (χ0) is 10.7. The second-order valence-electron chi connectivity index (χ2n) is 2.81. The molecule has 0 aliphatic heterocycles. The van der Waals surface area contributed by atoms with Gasteiger partial charge in [0.25, 0.3) is 0 Å². The van der Waals surface area contributed by atoms with E-state index in [0.717, 1.165) is 12.1 Å². The molecule has 0 amide bonds. The fourth-order valence-corrected chi connectivity index (χ4v) is 1.13. The number of aromatic hydroxyl groups is 1. The van der Waals surface area contributed by atoms with Crippen molar-refractivity contribution in [3.63, 3.8) is 0 Å². The normalized spacial score (nSPS) is 11.4. The zero-order valence-corrected chi connectivity index (χ0v) is 9.05. The predicted octanol–water partition coefficient (Wildman–Crippen LogP) is 2.15. The fraction of sp³-hybridized carbons (Fsp3) is 0.200. The van der Waals surface area contributed by atoms with Crippen molar-refractivity contribution < 1.29 is 14.2 Å². The topological polar surface area (TPSA) is 55.5 Å². The molecular weight excluding hydrogens is 221 g/mol. The zero-order valence-electron chi connectivity index (χ0n) is 8.24. The van der Waals surface area contributed by atoms with Crippen LogP contribution in [-0.4, -0.2) is 12.2 Å². The quantitative estimate of drug-likeness (QED) is 0.787. The first-order chi connectivity index (χ1) is 6.60. The number of hydrogen-bond acceptors (Lipinski definition) is 3. The number of phenolic OH excluding ortho intramolecular Hbond substituents is 1. The molecule has 0 aliphatic carbocycles. The Kier molecular flexibility index (Phi) is 5.11. The maximum atomic E-state index is 13.0. The Bertz CT molecular complexity index is 358. The lowest BCUT2D eigenvalue weighted by Crippen LogP contribution is -2.07. The van der Waals surface area contributed by atoms with Crippen LogP contribution in [0.1, 0.15) is 11.6 Å². The molecular formula is C10H13ClFNO2. The highest BCUT2D eigenvalue weighted by molar-refractivity contribution is 5.85. The van der Waals surface area contributed by atoms with Crippen LogP contribution < -0.4 is 10.5 Å². The van der Waals surface area contributed by atoms with Crippen molar-refractivity contribution in [1.29, 1.82) is 0 Å². The van der Waals surface area contributed by atoms with E-state index >= 15 is 0 Å². The van der Waals surface area contributed by atoms with Crippen molar-refractivity contribution in [3.8, 4) is 11.5 Å². The molecule has 3 N–H and O–H groups in total. The van der Waals surface area contributed by atoms with E-state index in [-0.39, 0.29) is 29.5 Å². The lowest BCUT2D eigenvalue weighted by Gasteiger charge is -2.12. The molecule has 1 aromatic carbocycles. The smallest absolute Gasteiger partial charge is 0.163 e. The molecule has 0 aromatic heterocycles. The summed E-state index contributed by atoms with van der Waals surface area (Å²) in [5, 5.41) is 9.60. The van der Waals surface area contributed by atoms with Crippen LogP contribution in [0.3, 0.4) is 0 Å². The average molecular weight is 234 g/mol. The molecule has 0 heterocycles. The van der Waals surface area contributed by atoms with Crippen LogP contribution in [-0.2, 0) is 0 Å². The summed E-state index contributed by atoms with van der Waals surface area (Å²) in [4.78, 5) is 0. The lowest BCUT2D eigenvalue weighted by atomic mass is 10.1. The monoisotopic (exact) mass is 233 g/mol. The van der Waals surface area contributed by atoms with Gasteiger partial charge >= 0.3 is 0 Å². The van der Waals surface area contributed by atoms with Crippen LogP contribution in [0.25, 0.3) is 0 Å². The van der Waals surface area contributed by atoms with E-state index < -0.39 is 11.9 Å². The van der Waals surface area contributed by atoms with E-state index in [4.69, 9.17) is 10.5 Å². The number of phenols is 1. The standard InChI is InChI=1S/C10H12FNO2.ClH/c1-3-8(12)7-4-6(11)5-9(14-2)10(7)13;/h3-5,8,13H,1,12H2,2H3;1H/t8-;/m1./s1. The van der Waals surface area contributed by atoms with Crippen molar-refractivity contribution in [2.75, 3.05) is 7.11 Å². The largest absolute Gasteiger partial charge is 0.504 e.